The standard InChI is InChI=1S/C5H9NO3/c7-5(8)9-6-3-1-2-4-6/h1-4H2,(H,7,8). The van der Waals surface area contributed by atoms with Gasteiger partial charge in [-0.25, -0.2) is 4.79 Å². The topological polar surface area (TPSA) is 49.8 Å². The van der Waals surface area contributed by atoms with Gasteiger partial charge in [0.15, 0.2) is 0 Å². The fourth-order valence-corrected chi connectivity index (χ4v) is 0.890. The Kier molecular flexibility index (Phi) is 1.89. The van der Waals surface area contributed by atoms with Gasteiger partial charge in [-0.05, 0) is 12.8 Å². The molecule has 1 fully saturated rings. The molecular formula is C5H9NO3. The van der Waals surface area contributed by atoms with Gasteiger partial charge in [-0.2, -0.15) is 0 Å². The summed E-state index contributed by atoms with van der Waals surface area (Å²) >= 11 is 0. The molecule has 0 bridgehead atoms. The van der Waals surface area contributed by atoms with Gasteiger partial charge in [-0.3, -0.25) is 0 Å². The van der Waals surface area contributed by atoms with E-state index in [1.54, 1.807) is 0 Å². The lowest BCUT2D eigenvalue weighted by atomic mass is 10.4. The summed E-state index contributed by atoms with van der Waals surface area (Å²) in [6.45, 7) is 1.48. The molecule has 0 aromatic heterocycles. The summed E-state index contributed by atoms with van der Waals surface area (Å²) in [5, 5.41) is 9.57. The van der Waals surface area contributed by atoms with E-state index in [-0.39, 0.29) is 0 Å². The van der Waals surface area contributed by atoms with E-state index in [9.17, 15) is 4.79 Å². The SMILES string of the molecule is O=C(O)ON1CCCC1. The molecule has 1 aliphatic rings. The van der Waals surface area contributed by atoms with Crippen molar-refractivity contribution in [1.29, 1.82) is 0 Å². The average Bonchev–Trinajstić information content (AvgIpc) is 2.15. The molecule has 0 amide bonds. The maximum atomic E-state index is 9.89. The van der Waals surface area contributed by atoms with E-state index in [2.05, 4.69) is 4.84 Å². The molecular weight excluding hydrogens is 122 g/mol. The van der Waals surface area contributed by atoms with Crippen molar-refractivity contribution < 1.29 is 14.7 Å². The first-order valence-corrected chi connectivity index (χ1v) is 2.95. The zero-order valence-corrected chi connectivity index (χ0v) is 5.04. The van der Waals surface area contributed by atoms with Crippen LogP contribution in [0.5, 0.6) is 0 Å². The Morgan fingerprint density at radius 3 is 2.44 bits per heavy atom. The fraction of sp³-hybridized carbons (Fsp3) is 0.800. The molecule has 0 unspecified atom stereocenters. The third kappa shape index (κ3) is 1.89. The van der Waals surface area contributed by atoms with Crippen LogP contribution in [0, 0.1) is 0 Å². The van der Waals surface area contributed by atoms with Crippen LogP contribution in [0.2, 0.25) is 0 Å². The van der Waals surface area contributed by atoms with Gasteiger partial charge in [0.2, 0.25) is 0 Å². The first-order valence-electron chi connectivity index (χ1n) is 2.95. The van der Waals surface area contributed by atoms with Crippen molar-refractivity contribution in [2.45, 2.75) is 12.8 Å². The van der Waals surface area contributed by atoms with Crippen molar-refractivity contribution in [2.75, 3.05) is 13.1 Å². The van der Waals surface area contributed by atoms with Gasteiger partial charge in [-0.15, -0.1) is 5.06 Å². The van der Waals surface area contributed by atoms with Crippen molar-refractivity contribution in [2.24, 2.45) is 0 Å². The van der Waals surface area contributed by atoms with E-state index in [1.165, 1.54) is 5.06 Å². The van der Waals surface area contributed by atoms with Crippen molar-refractivity contribution in [3.63, 3.8) is 0 Å². The van der Waals surface area contributed by atoms with Crippen LogP contribution < -0.4 is 0 Å². The van der Waals surface area contributed by atoms with Crippen LogP contribution in [-0.2, 0) is 4.84 Å². The van der Waals surface area contributed by atoms with Gasteiger partial charge in [0.1, 0.15) is 0 Å². The Balaban J connectivity index is 2.19. The summed E-state index contributed by atoms with van der Waals surface area (Å²) in [4.78, 5) is 14.3. The van der Waals surface area contributed by atoms with Crippen molar-refractivity contribution >= 4 is 6.16 Å². The van der Waals surface area contributed by atoms with E-state index in [1.807, 2.05) is 0 Å². The first kappa shape index (κ1) is 6.35. The van der Waals surface area contributed by atoms with E-state index in [0.717, 1.165) is 25.9 Å². The maximum Gasteiger partial charge on any atom is 0.525 e. The van der Waals surface area contributed by atoms with Gasteiger partial charge in [0.25, 0.3) is 0 Å². The summed E-state index contributed by atoms with van der Waals surface area (Å²) in [6, 6.07) is 0. The van der Waals surface area contributed by atoms with Crippen LogP contribution in [0.3, 0.4) is 0 Å². The molecule has 0 saturated carbocycles. The second kappa shape index (κ2) is 2.68. The second-order valence-corrected chi connectivity index (χ2v) is 1.99. The average molecular weight is 131 g/mol. The number of nitrogens with zero attached hydrogens (tertiary/aromatic N) is 1. The molecule has 0 aromatic rings. The number of rotatable bonds is 1. The van der Waals surface area contributed by atoms with Crippen LogP contribution in [0.25, 0.3) is 0 Å². The number of hydrogen-bond acceptors (Lipinski definition) is 3. The van der Waals surface area contributed by atoms with Crippen LogP contribution in [0.15, 0.2) is 0 Å². The minimum atomic E-state index is -1.21. The molecule has 0 aliphatic carbocycles. The maximum absolute atomic E-state index is 9.89. The Morgan fingerprint density at radius 2 is 2.00 bits per heavy atom. The zero-order valence-electron chi connectivity index (χ0n) is 5.04. The molecule has 1 saturated heterocycles. The normalized spacial score (nSPS) is 20.0. The van der Waals surface area contributed by atoms with Crippen LogP contribution in [0.1, 0.15) is 12.8 Å². The summed E-state index contributed by atoms with van der Waals surface area (Å²) in [5.74, 6) is 0. The summed E-state index contributed by atoms with van der Waals surface area (Å²) in [7, 11) is 0. The zero-order chi connectivity index (χ0) is 6.69. The lowest BCUT2D eigenvalue weighted by Gasteiger charge is -2.09. The monoisotopic (exact) mass is 131 g/mol. The smallest absolute Gasteiger partial charge is 0.448 e. The summed E-state index contributed by atoms with van der Waals surface area (Å²) in [5.41, 5.74) is 0. The van der Waals surface area contributed by atoms with Crippen LogP contribution in [-0.4, -0.2) is 29.4 Å². The Bertz CT molecular complexity index is 109. The molecule has 1 heterocycles. The molecule has 4 heteroatoms. The quantitative estimate of drug-likeness (QED) is 0.568. The van der Waals surface area contributed by atoms with Gasteiger partial charge < -0.3 is 9.94 Å². The minimum Gasteiger partial charge on any atom is -0.448 e. The Hall–Kier alpha value is -0.770. The molecule has 1 rings (SSSR count). The first-order chi connectivity index (χ1) is 4.29. The molecule has 9 heavy (non-hydrogen) atoms. The molecule has 1 aliphatic heterocycles. The lowest BCUT2D eigenvalue weighted by Crippen LogP contribution is -2.22. The van der Waals surface area contributed by atoms with Gasteiger partial charge in [0.05, 0.1) is 0 Å². The Labute approximate surface area is 53.0 Å². The number of carbonyl (C=O) groups is 1. The third-order valence-electron chi connectivity index (χ3n) is 1.27. The van der Waals surface area contributed by atoms with Crippen molar-refractivity contribution in [3.8, 4) is 0 Å². The summed E-state index contributed by atoms with van der Waals surface area (Å²) in [6.07, 6.45) is 0.859. The van der Waals surface area contributed by atoms with E-state index in [0.29, 0.717) is 0 Å². The van der Waals surface area contributed by atoms with E-state index in [4.69, 9.17) is 5.11 Å². The highest BCUT2D eigenvalue weighted by molar-refractivity contribution is 5.56. The summed E-state index contributed by atoms with van der Waals surface area (Å²) < 4.78 is 0. The predicted molar refractivity (Wildman–Crippen MR) is 29.9 cm³/mol. The van der Waals surface area contributed by atoms with Crippen molar-refractivity contribution in [3.05, 3.63) is 0 Å². The highest BCUT2D eigenvalue weighted by Crippen LogP contribution is 2.06. The minimum absolute atomic E-state index is 0.742. The molecule has 0 atom stereocenters. The fourth-order valence-electron chi connectivity index (χ4n) is 0.890. The number of hydrogen-bond donors (Lipinski definition) is 1. The van der Waals surface area contributed by atoms with Gasteiger partial charge in [0, 0.05) is 13.1 Å². The second-order valence-electron chi connectivity index (χ2n) is 1.99. The van der Waals surface area contributed by atoms with Gasteiger partial charge >= 0.3 is 6.16 Å². The molecule has 0 aromatic carbocycles. The van der Waals surface area contributed by atoms with E-state index < -0.39 is 6.16 Å². The largest absolute Gasteiger partial charge is 0.525 e. The molecule has 0 radical (unpaired) electrons. The molecule has 1 N–H and O–H groups in total. The highest BCUT2D eigenvalue weighted by atomic mass is 16.8. The van der Waals surface area contributed by atoms with Crippen molar-refractivity contribution in [1.82, 2.24) is 5.06 Å². The number of hydroxylamine groups is 2. The number of carboxylic acid groups (broad SMARTS) is 1. The van der Waals surface area contributed by atoms with Crippen LogP contribution >= 0.6 is 0 Å². The lowest BCUT2D eigenvalue weighted by molar-refractivity contribution is -0.102. The molecule has 52 valence electrons. The highest BCUT2D eigenvalue weighted by Gasteiger charge is 2.14. The van der Waals surface area contributed by atoms with E-state index >= 15 is 0 Å². The Morgan fingerprint density at radius 1 is 1.44 bits per heavy atom. The third-order valence-corrected chi connectivity index (χ3v) is 1.27. The molecule has 4 nitrogen and oxygen atoms in total. The predicted octanol–water partition coefficient (Wildman–Crippen LogP) is 0.692. The van der Waals surface area contributed by atoms with Gasteiger partial charge in [-0.1, -0.05) is 0 Å². The molecule has 0 spiro atoms. The van der Waals surface area contributed by atoms with Crippen LogP contribution in [0.4, 0.5) is 4.79 Å².